The molecule has 0 amide bonds. The number of likely N-dealkylation sites (tertiary alicyclic amines) is 1. The number of sulfone groups is 1. The van der Waals surface area contributed by atoms with Crippen LogP contribution in [-0.4, -0.2) is 54.4 Å². The summed E-state index contributed by atoms with van der Waals surface area (Å²) in [6.45, 7) is 1.91. The molecule has 2 unspecified atom stereocenters. The highest BCUT2D eigenvalue weighted by molar-refractivity contribution is 7.91. The molecule has 0 spiro atoms. The summed E-state index contributed by atoms with van der Waals surface area (Å²) in [5.74, 6) is 0.143. The van der Waals surface area contributed by atoms with E-state index >= 15 is 0 Å². The van der Waals surface area contributed by atoms with Gasteiger partial charge in [-0.25, -0.2) is 8.42 Å². The van der Waals surface area contributed by atoms with Crippen LogP contribution in [0.5, 0.6) is 0 Å². The third kappa shape index (κ3) is 3.71. The fourth-order valence-electron chi connectivity index (χ4n) is 2.46. The Labute approximate surface area is 119 Å². The molecule has 0 saturated carbocycles. The quantitative estimate of drug-likeness (QED) is 0.581. The number of alkyl halides is 1. The van der Waals surface area contributed by atoms with Gasteiger partial charge >= 0.3 is 0 Å². The summed E-state index contributed by atoms with van der Waals surface area (Å²) in [6.07, 6.45) is 4.79. The third-order valence-electron chi connectivity index (χ3n) is 3.49. The minimum Gasteiger partial charge on any atom is -0.357 e. The summed E-state index contributed by atoms with van der Waals surface area (Å²) in [7, 11) is -3.00. The van der Waals surface area contributed by atoms with E-state index in [9.17, 15) is 8.42 Å². The van der Waals surface area contributed by atoms with Crippen molar-refractivity contribution >= 4 is 38.8 Å². The molecule has 2 fully saturated rings. The van der Waals surface area contributed by atoms with Gasteiger partial charge in [-0.2, -0.15) is 0 Å². The van der Waals surface area contributed by atoms with Crippen LogP contribution < -0.4 is 5.32 Å². The Balaban J connectivity index is 1.91. The highest BCUT2D eigenvalue weighted by atomic mass is 35.5. The van der Waals surface area contributed by atoms with Crippen molar-refractivity contribution in [2.75, 3.05) is 24.6 Å². The van der Waals surface area contributed by atoms with Gasteiger partial charge in [-0.05, 0) is 25.1 Å². The van der Waals surface area contributed by atoms with Crippen LogP contribution in [0.2, 0.25) is 0 Å². The van der Waals surface area contributed by atoms with Gasteiger partial charge < -0.3 is 10.2 Å². The highest BCUT2D eigenvalue weighted by Gasteiger charge is 2.37. The van der Waals surface area contributed by atoms with Crippen LogP contribution in [0.1, 0.15) is 25.7 Å². The van der Waals surface area contributed by atoms with Gasteiger partial charge in [-0.3, -0.25) is 0 Å². The molecule has 7 heteroatoms. The first-order valence-electron chi connectivity index (χ1n) is 6.38. The van der Waals surface area contributed by atoms with Gasteiger partial charge in [0.05, 0.1) is 22.9 Å². The number of hydrogen-bond acceptors (Lipinski definition) is 3. The molecule has 0 bridgehead atoms. The monoisotopic (exact) mass is 310 g/mol. The van der Waals surface area contributed by atoms with Crippen LogP contribution in [0.3, 0.4) is 0 Å². The number of thiocarbonyl (C=S) groups is 1. The van der Waals surface area contributed by atoms with Crippen molar-refractivity contribution in [1.82, 2.24) is 10.2 Å². The molecule has 4 nitrogen and oxygen atoms in total. The molecule has 2 aliphatic heterocycles. The predicted octanol–water partition coefficient (Wildman–Crippen LogP) is 1.14. The molecule has 1 N–H and O–H groups in total. The van der Waals surface area contributed by atoms with E-state index in [2.05, 4.69) is 10.2 Å². The number of halogens is 1. The summed E-state index contributed by atoms with van der Waals surface area (Å²) < 4.78 is 23.0. The minimum absolute atomic E-state index is 0.0504. The second-order valence-electron chi connectivity index (χ2n) is 5.05. The van der Waals surface area contributed by atoms with E-state index in [1.165, 1.54) is 12.8 Å². The molecular formula is C11H19ClN2O2S2. The van der Waals surface area contributed by atoms with E-state index in [4.69, 9.17) is 23.8 Å². The number of nitrogens with one attached hydrogen (secondary N) is 1. The Morgan fingerprint density at radius 2 is 1.78 bits per heavy atom. The van der Waals surface area contributed by atoms with Gasteiger partial charge in [0.2, 0.25) is 0 Å². The lowest BCUT2D eigenvalue weighted by atomic mass is 10.2. The Morgan fingerprint density at radius 3 is 2.28 bits per heavy atom. The van der Waals surface area contributed by atoms with Crippen molar-refractivity contribution in [3.05, 3.63) is 0 Å². The molecule has 104 valence electrons. The molecule has 0 aromatic heterocycles. The summed E-state index contributed by atoms with van der Waals surface area (Å²) in [5.41, 5.74) is 0. The lowest BCUT2D eigenvalue weighted by Gasteiger charge is -2.27. The molecule has 2 saturated heterocycles. The van der Waals surface area contributed by atoms with Gasteiger partial charge in [-0.1, -0.05) is 12.8 Å². The van der Waals surface area contributed by atoms with Gasteiger partial charge in [0.25, 0.3) is 0 Å². The largest absolute Gasteiger partial charge is 0.357 e. The van der Waals surface area contributed by atoms with Crippen LogP contribution in [0.25, 0.3) is 0 Å². The van der Waals surface area contributed by atoms with Gasteiger partial charge in [0, 0.05) is 13.1 Å². The summed E-state index contributed by atoms with van der Waals surface area (Å²) in [5, 5.41) is 3.41. The number of rotatable bonds is 1. The Morgan fingerprint density at radius 1 is 1.17 bits per heavy atom. The molecule has 2 heterocycles. The summed E-state index contributed by atoms with van der Waals surface area (Å²) in [6, 6.07) is -0.243. The van der Waals surface area contributed by atoms with Crippen molar-refractivity contribution in [3.8, 4) is 0 Å². The van der Waals surface area contributed by atoms with E-state index < -0.39 is 9.84 Å². The lowest BCUT2D eigenvalue weighted by molar-refractivity contribution is 0.421. The average Bonchev–Trinajstić information content (AvgIpc) is 2.50. The Hall–Kier alpha value is -0.0700. The van der Waals surface area contributed by atoms with Crippen molar-refractivity contribution in [3.63, 3.8) is 0 Å². The average molecular weight is 311 g/mol. The van der Waals surface area contributed by atoms with Crippen LogP contribution in [0, 0.1) is 0 Å². The fraction of sp³-hybridized carbons (Fsp3) is 0.909. The second kappa shape index (κ2) is 5.92. The first-order chi connectivity index (χ1) is 8.48. The van der Waals surface area contributed by atoms with Crippen molar-refractivity contribution in [2.24, 2.45) is 0 Å². The standard InChI is InChI=1S/C11H19ClN2O2S2/c12-9-7-18(15,16)8-10(9)13-11(17)14-5-3-1-2-4-6-14/h9-10H,1-8H2,(H,13,17). The van der Waals surface area contributed by atoms with Crippen molar-refractivity contribution in [1.29, 1.82) is 0 Å². The van der Waals surface area contributed by atoms with Crippen LogP contribution >= 0.6 is 23.8 Å². The van der Waals surface area contributed by atoms with E-state index in [0.29, 0.717) is 5.11 Å². The topological polar surface area (TPSA) is 49.4 Å². The van der Waals surface area contributed by atoms with Crippen LogP contribution in [0.4, 0.5) is 0 Å². The molecule has 0 aromatic rings. The Bertz CT molecular complexity index is 405. The van der Waals surface area contributed by atoms with Crippen molar-refractivity contribution < 1.29 is 8.42 Å². The Kier molecular flexibility index (Phi) is 4.72. The zero-order chi connectivity index (χ0) is 13.2. The molecule has 2 atom stereocenters. The third-order valence-corrected chi connectivity index (χ3v) is 6.24. The molecule has 0 aliphatic carbocycles. The number of nitrogens with zero attached hydrogens (tertiary/aromatic N) is 1. The highest BCUT2D eigenvalue weighted by Crippen LogP contribution is 2.18. The first kappa shape index (κ1) is 14.3. The minimum atomic E-state index is -3.00. The maximum absolute atomic E-state index is 11.5. The number of hydrogen-bond donors (Lipinski definition) is 1. The zero-order valence-electron chi connectivity index (χ0n) is 10.3. The van der Waals surface area contributed by atoms with Gasteiger partial charge in [0.15, 0.2) is 14.9 Å². The van der Waals surface area contributed by atoms with Crippen LogP contribution in [0.15, 0.2) is 0 Å². The van der Waals surface area contributed by atoms with Gasteiger partial charge in [-0.15, -0.1) is 11.6 Å². The van der Waals surface area contributed by atoms with E-state index in [1.54, 1.807) is 0 Å². The van der Waals surface area contributed by atoms with E-state index in [-0.39, 0.29) is 22.9 Å². The summed E-state index contributed by atoms with van der Waals surface area (Å²) >= 11 is 11.4. The lowest BCUT2D eigenvalue weighted by Crippen LogP contribution is -2.48. The molecule has 2 rings (SSSR count). The maximum Gasteiger partial charge on any atom is 0.169 e. The predicted molar refractivity (Wildman–Crippen MR) is 77.9 cm³/mol. The molecule has 0 radical (unpaired) electrons. The molecule has 18 heavy (non-hydrogen) atoms. The summed E-state index contributed by atoms with van der Waals surface area (Å²) in [4.78, 5) is 2.14. The smallest absolute Gasteiger partial charge is 0.169 e. The molecule has 2 aliphatic rings. The SMILES string of the molecule is O=S1(=O)CC(Cl)C(NC(=S)N2CCCCCC2)C1. The maximum atomic E-state index is 11.5. The zero-order valence-corrected chi connectivity index (χ0v) is 12.7. The van der Waals surface area contributed by atoms with Crippen molar-refractivity contribution in [2.45, 2.75) is 37.1 Å². The van der Waals surface area contributed by atoms with Crippen LogP contribution in [-0.2, 0) is 9.84 Å². The second-order valence-corrected chi connectivity index (χ2v) is 8.15. The fourth-order valence-corrected chi connectivity index (χ4v) is 5.34. The normalized spacial score (nSPS) is 31.9. The van der Waals surface area contributed by atoms with E-state index in [0.717, 1.165) is 25.9 Å². The first-order valence-corrected chi connectivity index (χ1v) is 9.04. The molecular weight excluding hydrogens is 292 g/mol. The van der Waals surface area contributed by atoms with Gasteiger partial charge in [0.1, 0.15) is 0 Å². The molecule has 0 aromatic carbocycles. The van der Waals surface area contributed by atoms with E-state index in [1.807, 2.05) is 0 Å².